The van der Waals surface area contributed by atoms with Gasteiger partial charge in [0.05, 0.1) is 6.42 Å². The number of ether oxygens (including phenoxy) is 1. The fourth-order valence-electron chi connectivity index (χ4n) is 4.24. The van der Waals surface area contributed by atoms with Crippen LogP contribution in [-0.2, 0) is 14.3 Å². The minimum Gasteiger partial charge on any atom is -0.481 e. The number of amides is 2. The lowest BCUT2D eigenvalue weighted by Gasteiger charge is -2.18. The van der Waals surface area contributed by atoms with Crippen LogP contribution in [0.3, 0.4) is 0 Å². The van der Waals surface area contributed by atoms with Gasteiger partial charge < -0.3 is 20.5 Å². The van der Waals surface area contributed by atoms with Gasteiger partial charge in [-0.2, -0.15) is 0 Å². The Morgan fingerprint density at radius 2 is 1.58 bits per heavy atom. The first-order valence-corrected chi connectivity index (χ1v) is 11.5. The van der Waals surface area contributed by atoms with Crippen molar-refractivity contribution in [1.29, 1.82) is 0 Å². The number of carbonyl (C=O) groups excluding carboxylic acids is 2. The number of fused-ring (bicyclic) bond motifs is 3. The van der Waals surface area contributed by atoms with Gasteiger partial charge in [-0.05, 0) is 42.0 Å². The molecule has 0 saturated heterocycles. The van der Waals surface area contributed by atoms with Crippen LogP contribution in [0.4, 0.5) is 4.79 Å². The van der Waals surface area contributed by atoms with E-state index in [2.05, 4.69) is 34.9 Å². The lowest BCUT2D eigenvalue weighted by atomic mass is 9.98. The third-order valence-electron chi connectivity index (χ3n) is 6.07. The molecule has 2 unspecified atom stereocenters. The summed E-state index contributed by atoms with van der Waals surface area (Å²) in [4.78, 5) is 34.9. The molecule has 3 N–H and O–H groups in total. The number of hydrogen-bond acceptors (Lipinski definition) is 4. The number of aliphatic carboxylic acids is 1. The summed E-state index contributed by atoms with van der Waals surface area (Å²) in [5, 5.41) is 14.1. The standard InChI is InChI=1S/C26H32N2O5/c1-17(25(31)27-15-14-24(29)30)8-7-9-18(2)28-26(32)33-16-23-21-12-5-3-10-19(21)20-11-4-6-13-22(20)23/h3-6,10-13,17-18,23H,7-9,14-16H2,1-2H3,(H,27,31)(H,28,32)(H,29,30). The molecular formula is C26H32N2O5. The van der Waals surface area contributed by atoms with Crippen LogP contribution in [0.25, 0.3) is 11.1 Å². The van der Waals surface area contributed by atoms with Crippen molar-refractivity contribution < 1.29 is 24.2 Å². The molecule has 3 rings (SSSR count). The molecule has 0 radical (unpaired) electrons. The molecule has 2 atom stereocenters. The van der Waals surface area contributed by atoms with Crippen molar-refractivity contribution in [2.75, 3.05) is 13.2 Å². The van der Waals surface area contributed by atoms with Crippen LogP contribution < -0.4 is 10.6 Å². The van der Waals surface area contributed by atoms with E-state index in [1.54, 1.807) is 0 Å². The van der Waals surface area contributed by atoms with Gasteiger partial charge in [-0.25, -0.2) is 4.79 Å². The van der Waals surface area contributed by atoms with Crippen LogP contribution in [0.2, 0.25) is 0 Å². The SMILES string of the molecule is CC(CCCC(C)C(=O)NCCC(=O)O)NC(=O)OCC1c2ccccc2-c2ccccc21. The minimum absolute atomic E-state index is 0.0268. The number of alkyl carbamates (subject to hydrolysis) is 1. The summed E-state index contributed by atoms with van der Waals surface area (Å²) >= 11 is 0. The molecule has 0 aliphatic heterocycles. The summed E-state index contributed by atoms with van der Waals surface area (Å²) in [5.74, 6) is -1.26. The second-order valence-corrected chi connectivity index (χ2v) is 8.64. The maximum atomic E-state index is 12.4. The number of nitrogens with one attached hydrogen (secondary N) is 2. The van der Waals surface area contributed by atoms with Gasteiger partial charge in [0.15, 0.2) is 0 Å². The molecule has 0 saturated carbocycles. The van der Waals surface area contributed by atoms with Crippen LogP contribution in [0, 0.1) is 5.92 Å². The van der Waals surface area contributed by atoms with Crippen LogP contribution in [0.5, 0.6) is 0 Å². The van der Waals surface area contributed by atoms with Gasteiger partial charge in [0.1, 0.15) is 6.61 Å². The van der Waals surface area contributed by atoms with E-state index in [1.165, 1.54) is 22.3 Å². The van der Waals surface area contributed by atoms with Gasteiger partial charge in [-0.1, -0.05) is 61.9 Å². The van der Waals surface area contributed by atoms with E-state index < -0.39 is 12.1 Å². The Balaban J connectivity index is 1.40. The molecule has 2 aromatic rings. The molecule has 0 heterocycles. The first-order valence-electron chi connectivity index (χ1n) is 11.5. The minimum atomic E-state index is -0.934. The van der Waals surface area contributed by atoms with Crippen LogP contribution in [0.15, 0.2) is 48.5 Å². The van der Waals surface area contributed by atoms with Gasteiger partial charge in [0.2, 0.25) is 5.91 Å². The molecule has 2 aromatic carbocycles. The molecule has 0 bridgehead atoms. The van der Waals surface area contributed by atoms with Crippen molar-refractivity contribution in [3.63, 3.8) is 0 Å². The highest BCUT2D eigenvalue weighted by atomic mass is 16.5. The predicted octanol–water partition coefficient (Wildman–Crippen LogP) is 4.31. The molecular weight excluding hydrogens is 420 g/mol. The highest BCUT2D eigenvalue weighted by Crippen LogP contribution is 2.44. The lowest BCUT2D eigenvalue weighted by molar-refractivity contribution is -0.137. The van der Waals surface area contributed by atoms with Crippen molar-refractivity contribution in [3.05, 3.63) is 59.7 Å². The molecule has 33 heavy (non-hydrogen) atoms. The zero-order valence-corrected chi connectivity index (χ0v) is 19.2. The molecule has 1 aliphatic carbocycles. The summed E-state index contributed by atoms with van der Waals surface area (Å²) in [6.45, 7) is 4.15. The Kier molecular flexibility index (Phi) is 8.46. The van der Waals surface area contributed by atoms with Gasteiger partial charge in [0.25, 0.3) is 0 Å². The monoisotopic (exact) mass is 452 g/mol. The fraction of sp³-hybridized carbons (Fsp3) is 0.423. The van der Waals surface area contributed by atoms with E-state index in [0.29, 0.717) is 6.42 Å². The number of carboxylic acids is 1. The molecule has 0 aromatic heterocycles. The quantitative estimate of drug-likeness (QED) is 0.471. The number of carboxylic acid groups (broad SMARTS) is 1. The average Bonchev–Trinajstić information content (AvgIpc) is 3.11. The molecule has 176 valence electrons. The van der Waals surface area contributed by atoms with E-state index in [1.807, 2.05) is 38.1 Å². The summed E-state index contributed by atoms with van der Waals surface area (Å²) < 4.78 is 5.58. The van der Waals surface area contributed by atoms with E-state index in [0.717, 1.165) is 12.8 Å². The molecule has 2 amide bonds. The van der Waals surface area contributed by atoms with Gasteiger partial charge >= 0.3 is 12.1 Å². The summed E-state index contributed by atoms with van der Waals surface area (Å²) in [7, 11) is 0. The highest BCUT2D eigenvalue weighted by molar-refractivity contribution is 5.79. The third-order valence-corrected chi connectivity index (χ3v) is 6.07. The smallest absolute Gasteiger partial charge is 0.407 e. The van der Waals surface area contributed by atoms with Crippen molar-refractivity contribution in [2.45, 2.75) is 51.5 Å². The van der Waals surface area contributed by atoms with E-state index >= 15 is 0 Å². The number of benzene rings is 2. The summed E-state index contributed by atoms with van der Waals surface area (Å²) in [5.41, 5.74) is 4.73. The molecule has 7 nitrogen and oxygen atoms in total. The fourth-order valence-corrected chi connectivity index (χ4v) is 4.24. The Bertz CT molecular complexity index is 945. The second kappa shape index (κ2) is 11.5. The number of rotatable bonds is 11. The summed E-state index contributed by atoms with van der Waals surface area (Å²) in [6.07, 6.45) is 1.62. The molecule has 7 heteroatoms. The summed E-state index contributed by atoms with van der Waals surface area (Å²) in [6, 6.07) is 16.4. The lowest BCUT2D eigenvalue weighted by Crippen LogP contribution is -2.34. The number of carbonyl (C=O) groups is 3. The molecule has 0 spiro atoms. The Hall–Kier alpha value is -3.35. The van der Waals surface area contributed by atoms with Gasteiger partial charge in [-0.15, -0.1) is 0 Å². The number of hydrogen-bond donors (Lipinski definition) is 3. The van der Waals surface area contributed by atoms with Crippen molar-refractivity contribution >= 4 is 18.0 Å². The van der Waals surface area contributed by atoms with Crippen LogP contribution in [0.1, 0.15) is 56.6 Å². The predicted molar refractivity (Wildman–Crippen MR) is 126 cm³/mol. The average molecular weight is 453 g/mol. The molecule has 0 fully saturated rings. The molecule has 1 aliphatic rings. The van der Waals surface area contributed by atoms with E-state index in [-0.39, 0.29) is 43.4 Å². The first kappa shape index (κ1) is 24.3. The largest absolute Gasteiger partial charge is 0.481 e. The zero-order chi connectivity index (χ0) is 23.8. The van der Waals surface area contributed by atoms with Crippen molar-refractivity contribution in [2.24, 2.45) is 5.92 Å². The highest BCUT2D eigenvalue weighted by Gasteiger charge is 2.29. The van der Waals surface area contributed by atoms with Gasteiger partial charge in [-0.3, -0.25) is 9.59 Å². The van der Waals surface area contributed by atoms with Crippen LogP contribution >= 0.6 is 0 Å². The van der Waals surface area contributed by atoms with Crippen LogP contribution in [-0.4, -0.2) is 42.3 Å². The first-order chi connectivity index (χ1) is 15.9. The topological polar surface area (TPSA) is 105 Å². The van der Waals surface area contributed by atoms with E-state index in [4.69, 9.17) is 9.84 Å². The van der Waals surface area contributed by atoms with Gasteiger partial charge in [0, 0.05) is 24.4 Å². The zero-order valence-electron chi connectivity index (χ0n) is 19.2. The Labute approximate surface area is 194 Å². The van der Waals surface area contributed by atoms with Crippen molar-refractivity contribution in [1.82, 2.24) is 10.6 Å². The van der Waals surface area contributed by atoms with Crippen molar-refractivity contribution in [3.8, 4) is 11.1 Å². The van der Waals surface area contributed by atoms with E-state index in [9.17, 15) is 14.4 Å². The third kappa shape index (κ3) is 6.57. The second-order valence-electron chi connectivity index (χ2n) is 8.64. The Morgan fingerprint density at radius 3 is 2.18 bits per heavy atom. The normalized spacial score (nSPS) is 14.0. The maximum absolute atomic E-state index is 12.4. The maximum Gasteiger partial charge on any atom is 0.407 e. The Morgan fingerprint density at radius 1 is 0.970 bits per heavy atom.